The second-order valence-electron chi connectivity index (χ2n) is 5.55. The minimum atomic E-state index is -0.161. The number of aryl methyl sites for hydroxylation is 1. The van der Waals surface area contributed by atoms with Crippen LogP contribution in [0.4, 0.5) is 0 Å². The van der Waals surface area contributed by atoms with Gasteiger partial charge in [0.05, 0.1) is 27.4 Å². The number of fused-ring (bicyclic) bond motifs is 1. The Morgan fingerprint density at radius 3 is 2.88 bits per heavy atom. The number of carbonyl (C=O) groups excluding carboxylic acids is 1. The maximum atomic E-state index is 11.9. The van der Waals surface area contributed by atoms with Crippen molar-refractivity contribution in [1.82, 2.24) is 14.9 Å². The first kappa shape index (κ1) is 17.5. The Labute approximate surface area is 156 Å². The summed E-state index contributed by atoms with van der Waals surface area (Å²) in [4.78, 5) is 16.2. The van der Waals surface area contributed by atoms with Gasteiger partial charge in [-0.25, -0.2) is 4.98 Å². The van der Waals surface area contributed by atoms with Crippen molar-refractivity contribution in [2.45, 2.75) is 13.0 Å². The molecule has 0 saturated carbocycles. The van der Waals surface area contributed by atoms with E-state index in [4.69, 9.17) is 23.2 Å². The van der Waals surface area contributed by atoms with E-state index >= 15 is 0 Å². The number of nitrogens with one attached hydrogen (secondary N) is 1. The molecule has 25 heavy (non-hydrogen) atoms. The summed E-state index contributed by atoms with van der Waals surface area (Å²) in [6.45, 7) is 1.38. The lowest BCUT2D eigenvalue weighted by Crippen LogP contribution is -2.23. The molecule has 0 spiro atoms. The summed E-state index contributed by atoms with van der Waals surface area (Å²) in [5.41, 5.74) is 2.80. The smallest absolute Gasteiger partial charge is 0.244 e. The number of hydrogen-bond donors (Lipinski definition) is 1. The largest absolute Gasteiger partial charge is 0.352 e. The molecule has 3 aromatic rings. The van der Waals surface area contributed by atoms with Crippen LogP contribution in [0.5, 0.6) is 0 Å². The van der Waals surface area contributed by atoms with Crippen molar-refractivity contribution < 1.29 is 4.79 Å². The first-order chi connectivity index (χ1) is 12.1. The van der Waals surface area contributed by atoms with Crippen LogP contribution in [0.2, 0.25) is 10.0 Å². The Kier molecular flexibility index (Phi) is 5.74. The van der Waals surface area contributed by atoms with E-state index in [1.165, 1.54) is 6.08 Å². The highest BCUT2D eigenvalue weighted by Crippen LogP contribution is 2.26. The van der Waals surface area contributed by atoms with E-state index in [1.54, 1.807) is 18.2 Å². The SMILES string of the molecule is O=C(/C=C/c1cccc(Cl)c1Cl)NCCCn1cnc2ccccc21. The Hall–Kier alpha value is -2.30. The van der Waals surface area contributed by atoms with Crippen molar-refractivity contribution >= 4 is 46.2 Å². The van der Waals surface area contributed by atoms with Gasteiger partial charge >= 0.3 is 0 Å². The van der Waals surface area contributed by atoms with Gasteiger partial charge in [-0.1, -0.05) is 47.5 Å². The molecular weight excluding hydrogens is 357 g/mol. The molecule has 0 atom stereocenters. The summed E-state index contributed by atoms with van der Waals surface area (Å²) in [7, 11) is 0. The van der Waals surface area contributed by atoms with Gasteiger partial charge < -0.3 is 9.88 Å². The molecule has 1 heterocycles. The molecule has 1 amide bonds. The number of amides is 1. The monoisotopic (exact) mass is 373 g/mol. The van der Waals surface area contributed by atoms with Crippen molar-refractivity contribution in [1.29, 1.82) is 0 Å². The molecule has 0 saturated heterocycles. The number of carbonyl (C=O) groups is 1. The molecular formula is C19H17Cl2N3O. The van der Waals surface area contributed by atoms with Crippen molar-refractivity contribution in [2.75, 3.05) is 6.54 Å². The third-order valence-corrected chi connectivity index (χ3v) is 4.63. The Morgan fingerprint density at radius 1 is 1.16 bits per heavy atom. The second kappa shape index (κ2) is 8.19. The summed E-state index contributed by atoms with van der Waals surface area (Å²) < 4.78 is 2.09. The fourth-order valence-electron chi connectivity index (χ4n) is 2.52. The van der Waals surface area contributed by atoms with Crippen molar-refractivity contribution in [3.63, 3.8) is 0 Å². The first-order valence-electron chi connectivity index (χ1n) is 7.95. The van der Waals surface area contributed by atoms with Crippen LogP contribution >= 0.6 is 23.2 Å². The van der Waals surface area contributed by atoms with E-state index in [0.717, 1.165) is 24.0 Å². The van der Waals surface area contributed by atoms with Gasteiger partial charge in [0.15, 0.2) is 0 Å². The Bertz CT molecular complexity index is 918. The highest BCUT2D eigenvalue weighted by atomic mass is 35.5. The van der Waals surface area contributed by atoms with Crippen LogP contribution in [0.3, 0.4) is 0 Å². The second-order valence-corrected chi connectivity index (χ2v) is 6.33. The van der Waals surface area contributed by atoms with Crippen molar-refractivity contribution in [3.05, 3.63) is 70.5 Å². The average Bonchev–Trinajstić information content (AvgIpc) is 3.03. The van der Waals surface area contributed by atoms with Crippen LogP contribution < -0.4 is 5.32 Å². The first-order valence-corrected chi connectivity index (χ1v) is 8.70. The Balaban J connectivity index is 1.48. The molecule has 0 fully saturated rings. The Morgan fingerprint density at radius 2 is 2.00 bits per heavy atom. The number of rotatable bonds is 6. The minimum absolute atomic E-state index is 0.161. The van der Waals surface area contributed by atoms with Gasteiger partial charge in [0.25, 0.3) is 0 Å². The van der Waals surface area contributed by atoms with Gasteiger partial charge in [-0.3, -0.25) is 4.79 Å². The molecule has 3 rings (SSSR count). The third kappa shape index (κ3) is 4.41. The fraction of sp³-hybridized carbons (Fsp3) is 0.158. The van der Waals surface area contributed by atoms with Crippen LogP contribution in [0.15, 0.2) is 54.9 Å². The molecule has 0 aliphatic heterocycles. The molecule has 0 bridgehead atoms. The number of hydrogen-bond acceptors (Lipinski definition) is 2. The molecule has 0 aliphatic carbocycles. The number of para-hydroxylation sites is 2. The quantitative estimate of drug-likeness (QED) is 0.508. The maximum Gasteiger partial charge on any atom is 0.244 e. The predicted octanol–water partition coefficient (Wildman–Crippen LogP) is 4.56. The molecule has 2 aromatic carbocycles. The lowest BCUT2D eigenvalue weighted by molar-refractivity contribution is -0.116. The standard InChI is InChI=1S/C19H17Cl2N3O/c20-15-6-3-5-14(19(15)21)9-10-18(25)22-11-4-12-24-13-23-16-7-1-2-8-17(16)24/h1-3,5-10,13H,4,11-12H2,(H,22,25)/b10-9+. The van der Waals surface area contributed by atoms with E-state index in [-0.39, 0.29) is 5.91 Å². The van der Waals surface area contributed by atoms with Crippen LogP contribution in [-0.4, -0.2) is 22.0 Å². The van der Waals surface area contributed by atoms with E-state index < -0.39 is 0 Å². The van der Waals surface area contributed by atoms with Crippen molar-refractivity contribution in [2.24, 2.45) is 0 Å². The molecule has 0 radical (unpaired) electrons. The van der Waals surface area contributed by atoms with E-state index in [0.29, 0.717) is 22.2 Å². The van der Waals surface area contributed by atoms with Crippen LogP contribution in [0, 0.1) is 0 Å². The summed E-state index contributed by atoms with van der Waals surface area (Å²) in [6.07, 6.45) is 5.77. The average molecular weight is 374 g/mol. The lowest BCUT2D eigenvalue weighted by atomic mass is 10.2. The van der Waals surface area contributed by atoms with Gasteiger partial charge in [0.2, 0.25) is 5.91 Å². The normalized spacial score (nSPS) is 11.3. The molecule has 6 heteroatoms. The van der Waals surface area contributed by atoms with Gasteiger partial charge in [-0.05, 0) is 36.3 Å². The zero-order valence-electron chi connectivity index (χ0n) is 13.5. The number of benzene rings is 2. The van der Waals surface area contributed by atoms with Gasteiger partial charge in [0.1, 0.15) is 0 Å². The highest BCUT2D eigenvalue weighted by molar-refractivity contribution is 6.42. The van der Waals surface area contributed by atoms with Crippen LogP contribution in [0.1, 0.15) is 12.0 Å². The molecule has 0 aliphatic rings. The topological polar surface area (TPSA) is 46.9 Å². The van der Waals surface area contributed by atoms with Crippen molar-refractivity contribution in [3.8, 4) is 0 Å². The molecule has 128 valence electrons. The fourth-order valence-corrected chi connectivity index (χ4v) is 2.89. The van der Waals surface area contributed by atoms with Crippen LogP contribution in [0.25, 0.3) is 17.1 Å². The maximum absolute atomic E-state index is 11.9. The molecule has 0 unspecified atom stereocenters. The minimum Gasteiger partial charge on any atom is -0.352 e. The van der Waals surface area contributed by atoms with E-state index in [2.05, 4.69) is 14.9 Å². The van der Waals surface area contributed by atoms with Crippen LogP contribution in [-0.2, 0) is 11.3 Å². The van der Waals surface area contributed by atoms with Gasteiger partial charge in [-0.15, -0.1) is 0 Å². The summed E-state index contributed by atoms with van der Waals surface area (Å²) in [5, 5.41) is 3.78. The highest BCUT2D eigenvalue weighted by Gasteiger charge is 2.03. The lowest BCUT2D eigenvalue weighted by Gasteiger charge is -2.05. The number of aromatic nitrogens is 2. The summed E-state index contributed by atoms with van der Waals surface area (Å²) in [5.74, 6) is -0.161. The molecule has 1 aromatic heterocycles. The third-order valence-electron chi connectivity index (χ3n) is 3.80. The number of imidazole rings is 1. The zero-order valence-corrected chi connectivity index (χ0v) is 15.0. The molecule has 4 nitrogen and oxygen atoms in total. The summed E-state index contributed by atoms with van der Waals surface area (Å²) >= 11 is 12.0. The van der Waals surface area contributed by atoms with E-state index in [1.807, 2.05) is 36.7 Å². The zero-order chi connectivity index (χ0) is 17.6. The van der Waals surface area contributed by atoms with Gasteiger partial charge in [-0.2, -0.15) is 0 Å². The van der Waals surface area contributed by atoms with E-state index in [9.17, 15) is 4.79 Å². The summed E-state index contributed by atoms with van der Waals surface area (Å²) in [6, 6.07) is 13.3. The van der Waals surface area contributed by atoms with Gasteiger partial charge in [0, 0.05) is 19.2 Å². The number of nitrogens with zero attached hydrogens (tertiary/aromatic N) is 2. The predicted molar refractivity (Wildman–Crippen MR) is 103 cm³/mol. The molecule has 1 N–H and O–H groups in total. The number of halogens is 2.